The van der Waals surface area contributed by atoms with Crippen LogP contribution in [0.2, 0.25) is 0 Å². The molecule has 0 bridgehead atoms. The van der Waals surface area contributed by atoms with Crippen LogP contribution in [0.15, 0.2) is 53.0 Å². The zero-order valence-electron chi connectivity index (χ0n) is 16.5. The molecular weight excluding hydrogens is 432 g/mol. The molecule has 1 saturated carbocycles. The molecule has 4 rings (SSSR count). The highest BCUT2D eigenvalue weighted by Crippen LogP contribution is 2.35. The van der Waals surface area contributed by atoms with Crippen molar-refractivity contribution in [2.75, 3.05) is 13.7 Å². The van der Waals surface area contributed by atoms with Crippen molar-refractivity contribution in [3.8, 4) is 5.75 Å². The zero-order valence-corrected chi connectivity index (χ0v) is 18.1. The van der Waals surface area contributed by atoms with Gasteiger partial charge >= 0.3 is 0 Å². The molecule has 2 amide bonds. The third kappa shape index (κ3) is 4.04. The van der Waals surface area contributed by atoms with E-state index in [0.29, 0.717) is 6.54 Å². The van der Waals surface area contributed by atoms with E-state index in [9.17, 15) is 9.59 Å². The number of halogens is 1. The average Bonchev–Trinajstić information content (AvgIpc) is 3.25. The maximum absolute atomic E-state index is 13.6. The Morgan fingerprint density at radius 3 is 2.55 bits per heavy atom. The summed E-state index contributed by atoms with van der Waals surface area (Å²) in [6.07, 6.45) is 4.21. The lowest BCUT2D eigenvalue weighted by Crippen LogP contribution is -2.57. The summed E-state index contributed by atoms with van der Waals surface area (Å²) in [6.45, 7) is 0.493. The Kier molecular flexibility index (Phi) is 5.90. The van der Waals surface area contributed by atoms with Gasteiger partial charge in [-0.05, 0) is 36.6 Å². The lowest BCUT2D eigenvalue weighted by molar-refractivity contribution is -0.159. The fraction of sp³-hybridized carbons (Fsp3) is 0.391. The number of carbonyl (C=O) groups excluding carboxylic acids is 2. The van der Waals surface area contributed by atoms with Gasteiger partial charge in [0.15, 0.2) is 0 Å². The Hall–Kier alpha value is -2.34. The third-order valence-corrected chi connectivity index (χ3v) is 6.41. The average molecular weight is 457 g/mol. The van der Waals surface area contributed by atoms with Gasteiger partial charge in [-0.3, -0.25) is 9.59 Å². The number of carbonyl (C=O) groups is 2. The fourth-order valence-electron chi connectivity index (χ4n) is 4.47. The second-order valence-electron chi connectivity index (χ2n) is 7.70. The van der Waals surface area contributed by atoms with E-state index in [1.54, 1.807) is 12.0 Å². The van der Waals surface area contributed by atoms with E-state index in [1.165, 1.54) is 0 Å². The highest BCUT2D eigenvalue weighted by molar-refractivity contribution is 9.10. The number of amides is 2. The molecule has 0 spiro atoms. The van der Waals surface area contributed by atoms with Gasteiger partial charge in [-0.15, -0.1) is 0 Å². The van der Waals surface area contributed by atoms with Crippen molar-refractivity contribution in [2.45, 2.75) is 44.3 Å². The number of rotatable bonds is 5. The minimum absolute atomic E-state index is 0.0181. The molecule has 1 aliphatic heterocycles. The van der Waals surface area contributed by atoms with Crippen LogP contribution in [-0.4, -0.2) is 41.3 Å². The van der Waals surface area contributed by atoms with Crippen molar-refractivity contribution in [1.29, 1.82) is 0 Å². The normalized spacial score (nSPS) is 20.4. The summed E-state index contributed by atoms with van der Waals surface area (Å²) >= 11 is 3.51. The maximum atomic E-state index is 13.6. The minimum atomic E-state index is -0.626. The Morgan fingerprint density at radius 2 is 1.83 bits per heavy atom. The summed E-state index contributed by atoms with van der Waals surface area (Å²) in [5, 5.41) is 0. The highest BCUT2D eigenvalue weighted by Gasteiger charge is 2.43. The van der Waals surface area contributed by atoms with Crippen LogP contribution in [0, 0.1) is 0 Å². The van der Waals surface area contributed by atoms with E-state index >= 15 is 0 Å². The molecule has 2 aliphatic rings. The number of hydrogen-bond donors (Lipinski definition) is 0. The van der Waals surface area contributed by atoms with E-state index in [1.807, 2.05) is 53.4 Å². The SMILES string of the molecule is COc1ccccc1CN1C(=O)CN(C2CCCC2)C(=O)[C@H]1c1cccc(Br)c1. The number of methoxy groups -OCH3 is 1. The first-order valence-electron chi connectivity index (χ1n) is 10.1. The number of nitrogens with zero attached hydrogens (tertiary/aromatic N) is 2. The van der Waals surface area contributed by atoms with Crippen LogP contribution >= 0.6 is 15.9 Å². The maximum Gasteiger partial charge on any atom is 0.250 e. The van der Waals surface area contributed by atoms with Gasteiger partial charge in [0.25, 0.3) is 5.91 Å². The minimum Gasteiger partial charge on any atom is -0.496 e. The topological polar surface area (TPSA) is 49.9 Å². The predicted octanol–water partition coefficient (Wildman–Crippen LogP) is 4.31. The second-order valence-corrected chi connectivity index (χ2v) is 8.61. The Balaban J connectivity index is 1.71. The number of ether oxygens (including phenoxy) is 1. The van der Waals surface area contributed by atoms with Crippen molar-refractivity contribution in [3.05, 3.63) is 64.1 Å². The number of para-hydroxylation sites is 1. The number of benzene rings is 2. The van der Waals surface area contributed by atoms with Crippen LogP contribution in [-0.2, 0) is 16.1 Å². The summed E-state index contributed by atoms with van der Waals surface area (Å²) in [4.78, 5) is 30.4. The van der Waals surface area contributed by atoms with Crippen molar-refractivity contribution in [2.24, 2.45) is 0 Å². The molecule has 2 aromatic carbocycles. The molecule has 0 N–H and O–H groups in total. The second kappa shape index (κ2) is 8.57. The van der Waals surface area contributed by atoms with Gasteiger partial charge in [0, 0.05) is 16.1 Å². The summed E-state index contributed by atoms with van der Waals surface area (Å²) in [7, 11) is 1.62. The van der Waals surface area contributed by atoms with Crippen molar-refractivity contribution in [3.63, 3.8) is 0 Å². The van der Waals surface area contributed by atoms with Crippen LogP contribution in [0.5, 0.6) is 5.75 Å². The smallest absolute Gasteiger partial charge is 0.250 e. The molecule has 0 aromatic heterocycles. The molecule has 2 aromatic rings. The summed E-state index contributed by atoms with van der Waals surface area (Å²) in [5.74, 6) is 0.718. The molecule has 5 nitrogen and oxygen atoms in total. The van der Waals surface area contributed by atoms with Crippen molar-refractivity contribution in [1.82, 2.24) is 9.80 Å². The van der Waals surface area contributed by atoms with E-state index in [4.69, 9.17) is 4.74 Å². The van der Waals surface area contributed by atoms with Crippen molar-refractivity contribution < 1.29 is 14.3 Å². The zero-order chi connectivity index (χ0) is 20.4. The summed E-state index contributed by atoms with van der Waals surface area (Å²) < 4.78 is 6.36. The lowest BCUT2D eigenvalue weighted by Gasteiger charge is -2.43. The van der Waals surface area contributed by atoms with Crippen LogP contribution in [0.25, 0.3) is 0 Å². The molecule has 0 radical (unpaired) electrons. The van der Waals surface area contributed by atoms with Gasteiger partial charge in [-0.2, -0.15) is 0 Å². The quantitative estimate of drug-likeness (QED) is 0.673. The summed E-state index contributed by atoms with van der Waals surface area (Å²) in [5.41, 5.74) is 1.72. The molecule has 29 heavy (non-hydrogen) atoms. The van der Waals surface area contributed by atoms with Gasteiger partial charge in [-0.25, -0.2) is 0 Å². The Morgan fingerprint density at radius 1 is 1.07 bits per heavy atom. The van der Waals surface area contributed by atoms with Gasteiger partial charge < -0.3 is 14.5 Å². The molecule has 1 saturated heterocycles. The molecule has 1 heterocycles. The van der Waals surface area contributed by atoms with Crippen LogP contribution in [0.3, 0.4) is 0 Å². The fourth-order valence-corrected chi connectivity index (χ4v) is 4.89. The molecule has 1 aliphatic carbocycles. The van der Waals surface area contributed by atoms with Gasteiger partial charge in [0.2, 0.25) is 5.91 Å². The highest BCUT2D eigenvalue weighted by atomic mass is 79.9. The first-order valence-corrected chi connectivity index (χ1v) is 10.8. The van der Waals surface area contributed by atoms with Gasteiger partial charge in [-0.1, -0.05) is 59.1 Å². The molecular formula is C23H25BrN2O3. The van der Waals surface area contributed by atoms with E-state index in [2.05, 4.69) is 15.9 Å². The third-order valence-electron chi connectivity index (χ3n) is 5.92. The largest absolute Gasteiger partial charge is 0.496 e. The van der Waals surface area contributed by atoms with Crippen LogP contribution in [0.4, 0.5) is 0 Å². The number of hydrogen-bond acceptors (Lipinski definition) is 3. The van der Waals surface area contributed by atoms with E-state index in [-0.39, 0.29) is 24.4 Å². The molecule has 1 atom stereocenters. The van der Waals surface area contributed by atoms with Crippen LogP contribution in [0.1, 0.15) is 42.9 Å². The molecule has 0 unspecified atom stereocenters. The first kappa shape index (κ1) is 20.0. The Labute approximate surface area is 179 Å². The standard InChI is InChI=1S/C23H25BrN2O3/c1-29-20-12-5-2-7-17(20)14-26-21(27)15-25(19-10-3-4-11-19)23(28)22(26)16-8-6-9-18(24)13-16/h2,5-9,12-13,19,22H,3-4,10-11,14-15H2,1H3/t22-/m1/s1. The Bertz CT molecular complexity index is 911. The van der Waals surface area contributed by atoms with E-state index in [0.717, 1.165) is 47.0 Å². The van der Waals surface area contributed by atoms with Gasteiger partial charge in [0.05, 0.1) is 13.7 Å². The summed E-state index contributed by atoms with van der Waals surface area (Å²) in [6, 6.07) is 14.9. The molecule has 6 heteroatoms. The predicted molar refractivity (Wildman–Crippen MR) is 114 cm³/mol. The van der Waals surface area contributed by atoms with E-state index < -0.39 is 6.04 Å². The molecule has 152 valence electrons. The lowest BCUT2D eigenvalue weighted by atomic mass is 9.98. The number of piperazine rings is 1. The van der Waals surface area contributed by atoms with Crippen molar-refractivity contribution >= 4 is 27.7 Å². The first-order chi connectivity index (χ1) is 14.1. The monoisotopic (exact) mass is 456 g/mol. The molecule has 2 fully saturated rings. The van der Waals surface area contributed by atoms with Crippen LogP contribution < -0.4 is 4.74 Å². The van der Waals surface area contributed by atoms with Gasteiger partial charge in [0.1, 0.15) is 18.3 Å².